The Bertz CT molecular complexity index is 641. The third-order valence-corrected chi connectivity index (χ3v) is 2.88. The number of carbonyl (C=O) groups excluding carboxylic acids is 1. The highest BCUT2D eigenvalue weighted by Gasteiger charge is 2.13. The summed E-state index contributed by atoms with van der Waals surface area (Å²) in [5.41, 5.74) is 1.83. The van der Waals surface area contributed by atoms with E-state index < -0.39 is 5.97 Å². The predicted molar refractivity (Wildman–Crippen MR) is 79.3 cm³/mol. The van der Waals surface area contributed by atoms with Crippen molar-refractivity contribution in [1.82, 2.24) is 9.97 Å². The molecule has 21 heavy (non-hydrogen) atoms. The molecule has 1 heterocycles. The Morgan fingerprint density at radius 2 is 2.05 bits per heavy atom. The van der Waals surface area contributed by atoms with E-state index in [0.717, 1.165) is 11.3 Å². The van der Waals surface area contributed by atoms with Crippen LogP contribution in [0.15, 0.2) is 30.5 Å². The van der Waals surface area contributed by atoms with Crippen LogP contribution in [0.3, 0.4) is 0 Å². The molecule has 0 N–H and O–H groups in total. The first-order chi connectivity index (χ1) is 10.2. The van der Waals surface area contributed by atoms with Crippen LogP contribution >= 0.6 is 0 Å². The van der Waals surface area contributed by atoms with E-state index in [0.29, 0.717) is 30.3 Å². The second kappa shape index (κ2) is 6.83. The third-order valence-electron chi connectivity index (χ3n) is 2.88. The summed E-state index contributed by atoms with van der Waals surface area (Å²) < 4.78 is 10.4. The number of hydrogen-bond acceptors (Lipinski definition) is 5. The number of benzene rings is 1. The fraction of sp³-hybridized carbons (Fsp3) is 0.312. The molecule has 1 aromatic heterocycles. The average Bonchev–Trinajstić information content (AvgIpc) is 2.48. The molecule has 0 radical (unpaired) electrons. The molecule has 2 rings (SSSR count). The highest BCUT2D eigenvalue weighted by Crippen LogP contribution is 2.21. The molecule has 0 aliphatic heterocycles. The van der Waals surface area contributed by atoms with Gasteiger partial charge in [-0.1, -0.05) is 12.1 Å². The van der Waals surface area contributed by atoms with Gasteiger partial charge in [0.1, 0.15) is 5.75 Å². The lowest BCUT2D eigenvalue weighted by Gasteiger charge is -2.08. The molecule has 0 aliphatic rings. The minimum Gasteiger partial charge on any atom is -0.494 e. The summed E-state index contributed by atoms with van der Waals surface area (Å²) in [7, 11) is 0. The van der Waals surface area contributed by atoms with Crippen LogP contribution in [0, 0.1) is 6.92 Å². The number of carbonyl (C=O) groups is 1. The Labute approximate surface area is 124 Å². The van der Waals surface area contributed by atoms with Gasteiger partial charge in [0.25, 0.3) is 0 Å². The molecule has 0 fully saturated rings. The zero-order valence-electron chi connectivity index (χ0n) is 12.4. The standard InChI is InChI=1S/C16H18N2O3/c1-4-20-13-8-6-7-12(9-13)15-17-10-14(11(3)18-15)16(19)21-5-2/h6-10H,4-5H2,1-3H3. The van der Waals surface area contributed by atoms with Gasteiger partial charge in [-0.25, -0.2) is 14.8 Å². The molecule has 5 heteroatoms. The summed E-state index contributed by atoms with van der Waals surface area (Å²) in [6.07, 6.45) is 1.50. The molecule has 0 atom stereocenters. The smallest absolute Gasteiger partial charge is 0.341 e. The fourth-order valence-corrected chi connectivity index (χ4v) is 1.91. The van der Waals surface area contributed by atoms with Crippen LogP contribution in [0.4, 0.5) is 0 Å². The van der Waals surface area contributed by atoms with Gasteiger partial charge in [0.15, 0.2) is 5.82 Å². The van der Waals surface area contributed by atoms with Crippen molar-refractivity contribution >= 4 is 5.97 Å². The summed E-state index contributed by atoms with van der Waals surface area (Å²) in [4.78, 5) is 20.4. The molecular formula is C16H18N2O3. The zero-order valence-corrected chi connectivity index (χ0v) is 12.4. The van der Waals surface area contributed by atoms with E-state index in [2.05, 4.69) is 9.97 Å². The molecule has 0 saturated heterocycles. The van der Waals surface area contributed by atoms with Crippen LogP contribution in [0.25, 0.3) is 11.4 Å². The van der Waals surface area contributed by atoms with Crippen molar-refractivity contribution in [2.45, 2.75) is 20.8 Å². The lowest BCUT2D eigenvalue weighted by Crippen LogP contribution is -2.09. The molecule has 5 nitrogen and oxygen atoms in total. The van der Waals surface area contributed by atoms with E-state index in [1.807, 2.05) is 31.2 Å². The summed E-state index contributed by atoms with van der Waals surface area (Å²) in [5.74, 6) is 0.928. The zero-order chi connectivity index (χ0) is 15.2. The predicted octanol–water partition coefficient (Wildman–Crippen LogP) is 3.03. The van der Waals surface area contributed by atoms with Crippen molar-refractivity contribution in [3.05, 3.63) is 41.7 Å². The summed E-state index contributed by atoms with van der Waals surface area (Å²) in [6, 6.07) is 7.55. The summed E-state index contributed by atoms with van der Waals surface area (Å²) in [5, 5.41) is 0. The Kier molecular flexibility index (Phi) is 4.87. The van der Waals surface area contributed by atoms with Gasteiger partial charge in [-0.15, -0.1) is 0 Å². The van der Waals surface area contributed by atoms with Crippen molar-refractivity contribution in [2.24, 2.45) is 0 Å². The van der Waals surface area contributed by atoms with Crippen molar-refractivity contribution in [2.75, 3.05) is 13.2 Å². The number of aromatic nitrogens is 2. The van der Waals surface area contributed by atoms with Crippen LogP contribution in [-0.4, -0.2) is 29.2 Å². The molecule has 110 valence electrons. The maximum Gasteiger partial charge on any atom is 0.341 e. The Balaban J connectivity index is 2.31. The van der Waals surface area contributed by atoms with E-state index >= 15 is 0 Å². The van der Waals surface area contributed by atoms with Gasteiger partial charge < -0.3 is 9.47 Å². The van der Waals surface area contributed by atoms with Crippen molar-refractivity contribution in [3.8, 4) is 17.1 Å². The number of rotatable bonds is 5. The fourth-order valence-electron chi connectivity index (χ4n) is 1.91. The van der Waals surface area contributed by atoms with E-state index in [-0.39, 0.29) is 0 Å². The molecule has 0 amide bonds. The van der Waals surface area contributed by atoms with Gasteiger partial charge in [-0.2, -0.15) is 0 Å². The molecule has 2 aromatic rings. The van der Waals surface area contributed by atoms with Crippen molar-refractivity contribution < 1.29 is 14.3 Å². The van der Waals surface area contributed by atoms with Crippen LogP contribution < -0.4 is 4.74 Å². The van der Waals surface area contributed by atoms with E-state index in [1.165, 1.54) is 6.20 Å². The Hall–Kier alpha value is -2.43. The first kappa shape index (κ1) is 15.0. The van der Waals surface area contributed by atoms with Crippen LogP contribution in [0.2, 0.25) is 0 Å². The summed E-state index contributed by atoms with van der Waals surface area (Å²) >= 11 is 0. The van der Waals surface area contributed by atoms with Gasteiger partial charge in [-0.05, 0) is 32.9 Å². The van der Waals surface area contributed by atoms with Crippen LogP contribution in [-0.2, 0) is 4.74 Å². The largest absolute Gasteiger partial charge is 0.494 e. The number of aryl methyl sites for hydroxylation is 1. The van der Waals surface area contributed by atoms with Gasteiger partial charge in [0, 0.05) is 11.8 Å². The number of ether oxygens (including phenoxy) is 2. The lowest BCUT2D eigenvalue weighted by atomic mass is 10.2. The van der Waals surface area contributed by atoms with Crippen molar-refractivity contribution in [1.29, 1.82) is 0 Å². The molecule has 0 unspecified atom stereocenters. The third kappa shape index (κ3) is 3.56. The molecule has 0 spiro atoms. The van der Waals surface area contributed by atoms with Gasteiger partial charge in [0.05, 0.1) is 24.5 Å². The topological polar surface area (TPSA) is 61.3 Å². The maximum atomic E-state index is 11.7. The second-order valence-electron chi connectivity index (χ2n) is 4.37. The minimum atomic E-state index is -0.399. The quantitative estimate of drug-likeness (QED) is 0.791. The normalized spacial score (nSPS) is 10.2. The van der Waals surface area contributed by atoms with E-state index in [1.54, 1.807) is 13.8 Å². The molecule has 1 aromatic carbocycles. The highest BCUT2D eigenvalue weighted by molar-refractivity contribution is 5.90. The SMILES string of the molecule is CCOC(=O)c1cnc(-c2cccc(OCC)c2)nc1C. The highest BCUT2D eigenvalue weighted by atomic mass is 16.5. The van der Waals surface area contributed by atoms with Crippen molar-refractivity contribution in [3.63, 3.8) is 0 Å². The lowest BCUT2D eigenvalue weighted by molar-refractivity contribution is 0.0524. The summed E-state index contributed by atoms with van der Waals surface area (Å²) in [6.45, 7) is 6.40. The van der Waals surface area contributed by atoms with Crippen LogP contribution in [0.5, 0.6) is 5.75 Å². The maximum absolute atomic E-state index is 11.7. The van der Waals surface area contributed by atoms with Gasteiger partial charge in [-0.3, -0.25) is 0 Å². The number of nitrogens with zero attached hydrogens (tertiary/aromatic N) is 2. The molecular weight excluding hydrogens is 268 g/mol. The van der Waals surface area contributed by atoms with Gasteiger partial charge >= 0.3 is 5.97 Å². The minimum absolute atomic E-state index is 0.330. The van der Waals surface area contributed by atoms with Gasteiger partial charge in [0.2, 0.25) is 0 Å². The first-order valence-corrected chi connectivity index (χ1v) is 6.89. The Morgan fingerprint density at radius 3 is 2.71 bits per heavy atom. The molecule has 0 aliphatic carbocycles. The number of hydrogen-bond donors (Lipinski definition) is 0. The Morgan fingerprint density at radius 1 is 1.24 bits per heavy atom. The average molecular weight is 286 g/mol. The van der Waals surface area contributed by atoms with E-state index in [4.69, 9.17) is 9.47 Å². The monoisotopic (exact) mass is 286 g/mol. The molecule has 0 saturated carbocycles. The van der Waals surface area contributed by atoms with E-state index in [9.17, 15) is 4.79 Å². The number of esters is 1. The van der Waals surface area contributed by atoms with Crippen LogP contribution in [0.1, 0.15) is 29.9 Å². The first-order valence-electron chi connectivity index (χ1n) is 6.89. The molecule has 0 bridgehead atoms. The second-order valence-corrected chi connectivity index (χ2v) is 4.37.